The van der Waals surface area contributed by atoms with Crippen LogP contribution in [0.15, 0.2) is 36.8 Å². The number of ether oxygens (including phenoxy) is 1. The number of rotatable bonds is 3. The van der Waals surface area contributed by atoms with Crippen LogP contribution in [0.2, 0.25) is 0 Å². The van der Waals surface area contributed by atoms with Crippen molar-refractivity contribution >= 4 is 51.7 Å². The molecule has 1 fully saturated rings. The number of nitrogens with zero attached hydrogens (tertiary/aromatic N) is 5. The molecule has 0 atom stereocenters. The number of hydrogen-bond donors (Lipinski definition) is 1. The van der Waals surface area contributed by atoms with Crippen LogP contribution in [-0.2, 0) is 4.74 Å². The van der Waals surface area contributed by atoms with Crippen molar-refractivity contribution in [3.05, 3.63) is 51.9 Å². The number of nitrogens with one attached hydrogen (secondary N) is 1. The lowest BCUT2D eigenvalue weighted by Gasteiger charge is -2.35. The van der Waals surface area contributed by atoms with E-state index in [1.807, 2.05) is 4.40 Å². The predicted molar refractivity (Wildman–Crippen MR) is 129 cm³/mol. The molecule has 0 radical (unpaired) electrons. The molecule has 4 rings (SSSR count). The normalized spacial score (nSPS) is 14.5. The molecule has 2 aromatic heterocycles. The second-order valence-corrected chi connectivity index (χ2v) is 9.73. The summed E-state index contributed by atoms with van der Waals surface area (Å²) in [4.78, 5) is 36.8. The van der Waals surface area contributed by atoms with Gasteiger partial charge in [0.2, 0.25) is 0 Å². The fraction of sp³-hybridized carbons (Fsp3) is 0.364. The zero-order valence-corrected chi connectivity index (χ0v) is 20.7. The first-order chi connectivity index (χ1) is 15.6. The maximum Gasteiger partial charge on any atom is 0.410 e. The van der Waals surface area contributed by atoms with Gasteiger partial charge in [-0.25, -0.2) is 19.2 Å². The van der Waals surface area contributed by atoms with Crippen molar-refractivity contribution in [1.29, 1.82) is 0 Å². The number of carbonyl (C=O) groups excluding carboxylic acids is 2. The van der Waals surface area contributed by atoms with Gasteiger partial charge in [-0.15, -0.1) is 0 Å². The molecule has 1 aromatic carbocycles. The average molecular weight is 566 g/mol. The average Bonchev–Trinajstić information content (AvgIpc) is 3.14. The van der Waals surface area contributed by atoms with Crippen LogP contribution in [0.5, 0.6) is 0 Å². The minimum atomic E-state index is -0.635. The standard InChI is InChI=1S/C22H24FIN6O3/c1-22(2,3)33-21(32)29-10-8-28(9-11-29)20(31)15-5-4-14(12-16(15)23)27-18-19-26-13-17(24)30(19)7-6-25-18/h4-7,12-13H,8-11H2,1-3H3,(H,25,27). The number of imidazole rings is 1. The van der Waals surface area contributed by atoms with Gasteiger partial charge >= 0.3 is 6.09 Å². The Morgan fingerprint density at radius 1 is 1.12 bits per heavy atom. The fourth-order valence-electron chi connectivity index (χ4n) is 3.47. The van der Waals surface area contributed by atoms with Crippen molar-refractivity contribution < 1.29 is 18.7 Å². The van der Waals surface area contributed by atoms with Gasteiger partial charge in [-0.05, 0) is 61.6 Å². The minimum absolute atomic E-state index is 0.0206. The Bertz CT molecular complexity index is 1200. The monoisotopic (exact) mass is 566 g/mol. The number of halogens is 2. The highest BCUT2D eigenvalue weighted by atomic mass is 127. The highest BCUT2D eigenvalue weighted by molar-refractivity contribution is 14.1. The Balaban J connectivity index is 1.42. The van der Waals surface area contributed by atoms with Crippen LogP contribution < -0.4 is 5.32 Å². The van der Waals surface area contributed by atoms with E-state index in [0.717, 1.165) is 3.70 Å². The molecule has 2 amide bonds. The van der Waals surface area contributed by atoms with Gasteiger partial charge in [-0.1, -0.05) is 0 Å². The molecule has 1 N–H and O–H groups in total. The van der Waals surface area contributed by atoms with Gasteiger partial charge in [0.1, 0.15) is 15.1 Å². The SMILES string of the molecule is CC(C)(C)OC(=O)N1CCN(C(=O)c2ccc(Nc3nccn4c(I)cnc34)cc2F)CC1. The third-order valence-electron chi connectivity index (χ3n) is 5.06. The first-order valence-corrected chi connectivity index (χ1v) is 11.5. The second kappa shape index (κ2) is 9.12. The predicted octanol–water partition coefficient (Wildman–Crippen LogP) is 3.91. The van der Waals surface area contributed by atoms with Crippen LogP contribution in [0.3, 0.4) is 0 Å². The summed E-state index contributed by atoms with van der Waals surface area (Å²) in [5.41, 5.74) is 0.468. The molecule has 1 aliphatic heterocycles. The molecule has 0 saturated carbocycles. The summed E-state index contributed by atoms with van der Waals surface area (Å²) >= 11 is 2.16. The lowest BCUT2D eigenvalue weighted by molar-refractivity contribution is 0.0140. The Morgan fingerprint density at radius 2 is 1.82 bits per heavy atom. The number of fused-ring (bicyclic) bond motifs is 1. The minimum Gasteiger partial charge on any atom is -0.444 e. The smallest absolute Gasteiger partial charge is 0.410 e. The summed E-state index contributed by atoms with van der Waals surface area (Å²) < 4.78 is 23.0. The summed E-state index contributed by atoms with van der Waals surface area (Å²) in [7, 11) is 0. The van der Waals surface area contributed by atoms with E-state index < -0.39 is 23.4 Å². The van der Waals surface area contributed by atoms with Crippen LogP contribution in [-0.4, -0.2) is 67.9 Å². The van der Waals surface area contributed by atoms with Gasteiger partial charge < -0.3 is 19.9 Å². The van der Waals surface area contributed by atoms with E-state index in [4.69, 9.17) is 4.74 Å². The molecule has 174 valence electrons. The topological polar surface area (TPSA) is 92.1 Å². The van der Waals surface area contributed by atoms with Crippen molar-refractivity contribution in [3.63, 3.8) is 0 Å². The van der Waals surface area contributed by atoms with Crippen molar-refractivity contribution in [3.8, 4) is 0 Å². The Hall–Kier alpha value is -2.96. The maximum absolute atomic E-state index is 14.9. The molecular weight excluding hydrogens is 542 g/mol. The van der Waals surface area contributed by atoms with Gasteiger partial charge in [0.05, 0.1) is 11.8 Å². The quantitative estimate of drug-likeness (QED) is 0.484. The summed E-state index contributed by atoms with van der Waals surface area (Å²) in [6.45, 7) is 6.69. The molecule has 11 heteroatoms. The molecule has 3 heterocycles. The highest BCUT2D eigenvalue weighted by Crippen LogP contribution is 2.23. The Kier molecular flexibility index (Phi) is 6.41. The third kappa shape index (κ3) is 5.18. The van der Waals surface area contributed by atoms with Crippen LogP contribution in [0.4, 0.5) is 20.7 Å². The number of piperazine rings is 1. The largest absolute Gasteiger partial charge is 0.444 e. The first-order valence-electron chi connectivity index (χ1n) is 10.4. The van der Waals surface area contributed by atoms with Crippen LogP contribution in [0, 0.1) is 9.52 Å². The highest BCUT2D eigenvalue weighted by Gasteiger charge is 2.29. The molecule has 1 aliphatic rings. The van der Waals surface area contributed by atoms with E-state index in [9.17, 15) is 14.0 Å². The number of aromatic nitrogens is 3. The van der Waals surface area contributed by atoms with E-state index in [0.29, 0.717) is 43.3 Å². The Labute approximate surface area is 204 Å². The number of hydrogen-bond acceptors (Lipinski definition) is 6. The van der Waals surface area contributed by atoms with Crippen molar-refractivity contribution in [2.24, 2.45) is 0 Å². The van der Waals surface area contributed by atoms with E-state index in [-0.39, 0.29) is 5.56 Å². The molecule has 33 heavy (non-hydrogen) atoms. The van der Waals surface area contributed by atoms with Crippen molar-refractivity contribution in [1.82, 2.24) is 24.2 Å². The van der Waals surface area contributed by atoms with E-state index in [2.05, 4.69) is 37.9 Å². The van der Waals surface area contributed by atoms with Crippen molar-refractivity contribution in [2.45, 2.75) is 26.4 Å². The summed E-state index contributed by atoms with van der Waals surface area (Å²) in [5, 5.41) is 3.06. The van der Waals surface area contributed by atoms with Crippen LogP contribution >= 0.6 is 22.6 Å². The molecule has 3 aromatic rings. The van der Waals surface area contributed by atoms with Gasteiger partial charge in [-0.2, -0.15) is 0 Å². The number of anilines is 2. The maximum atomic E-state index is 14.9. The molecule has 0 aliphatic carbocycles. The molecule has 1 saturated heterocycles. The summed E-state index contributed by atoms with van der Waals surface area (Å²) in [5.74, 6) is -0.562. The van der Waals surface area contributed by atoms with Gasteiger partial charge in [0.15, 0.2) is 11.5 Å². The van der Waals surface area contributed by atoms with Gasteiger partial charge in [0, 0.05) is 44.3 Å². The first kappa shape index (κ1) is 23.2. The van der Waals surface area contributed by atoms with E-state index >= 15 is 0 Å². The molecule has 0 unspecified atom stereocenters. The number of benzene rings is 1. The van der Waals surface area contributed by atoms with E-state index in [1.165, 1.54) is 12.1 Å². The molecule has 0 spiro atoms. The molecule has 9 nitrogen and oxygen atoms in total. The fourth-order valence-corrected chi connectivity index (χ4v) is 4.00. The molecular formula is C22H24FIN6O3. The van der Waals surface area contributed by atoms with Gasteiger partial charge in [0.25, 0.3) is 5.91 Å². The summed E-state index contributed by atoms with van der Waals surface area (Å²) in [6.07, 6.45) is 4.73. The third-order valence-corrected chi connectivity index (χ3v) is 5.86. The lowest BCUT2D eigenvalue weighted by atomic mass is 10.1. The lowest BCUT2D eigenvalue weighted by Crippen LogP contribution is -2.51. The van der Waals surface area contributed by atoms with Crippen LogP contribution in [0.1, 0.15) is 31.1 Å². The van der Waals surface area contributed by atoms with Crippen LogP contribution in [0.25, 0.3) is 5.65 Å². The number of carbonyl (C=O) groups is 2. The second-order valence-electron chi connectivity index (χ2n) is 8.63. The molecule has 0 bridgehead atoms. The summed E-state index contributed by atoms with van der Waals surface area (Å²) in [6, 6.07) is 4.35. The number of amides is 2. The Morgan fingerprint density at radius 3 is 2.48 bits per heavy atom. The van der Waals surface area contributed by atoms with Crippen molar-refractivity contribution in [2.75, 3.05) is 31.5 Å². The zero-order valence-electron chi connectivity index (χ0n) is 18.5. The zero-order chi connectivity index (χ0) is 23.8. The van der Waals surface area contributed by atoms with E-state index in [1.54, 1.807) is 55.2 Å². The van der Waals surface area contributed by atoms with Gasteiger partial charge in [-0.3, -0.25) is 9.20 Å².